The second kappa shape index (κ2) is 8.29. The van der Waals surface area contributed by atoms with E-state index in [1.54, 1.807) is 37.2 Å². The predicted octanol–water partition coefficient (Wildman–Crippen LogP) is 3.40. The van der Waals surface area contributed by atoms with Gasteiger partial charge in [0.2, 0.25) is 0 Å². The molecule has 0 fully saturated rings. The minimum Gasteiger partial charge on any atom is -0.495 e. The summed E-state index contributed by atoms with van der Waals surface area (Å²) >= 11 is 6.20. The highest BCUT2D eigenvalue weighted by Gasteiger charge is 2.27. The van der Waals surface area contributed by atoms with Crippen LogP contribution in [0.15, 0.2) is 18.5 Å². The molecule has 0 unspecified atom stereocenters. The van der Waals surface area contributed by atoms with Crippen LogP contribution in [0.4, 0.5) is 4.39 Å². The van der Waals surface area contributed by atoms with Crippen molar-refractivity contribution in [3.05, 3.63) is 35.1 Å². The number of likely N-dealkylation sites (N-methyl/N-ethyl adjacent to an activating group) is 1. The Balaban J connectivity index is 1.98. The van der Waals surface area contributed by atoms with E-state index >= 15 is 4.39 Å². The van der Waals surface area contributed by atoms with Crippen molar-refractivity contribution in [1.82, 2.24) is 34.8 Å². The number of halogens is 2. The smallest absolute Gasteiger partial charge is 0.181 e. The van der Waals surface area contributed by atoms with E-state index in [9.17, 15) is 0 Å². The molecule has 0 saturated heterocycles. The van der Waals surface area contributed by atoms with Crippen molar-refractivity contribution in [3.63, 3.8) is 0 Å². The number of methoxy groups -OCH3 is 2. The molecule has 2 N–H and O–H groups in total. The zero-order valence-corrected chi connectivity index (χ0v) is 18.6. The number of aromatic amines is 2. The topological polar surface area (TPSA) is 96.9 Å². The molecule has 11 heteroatoms. The zero-order chi connectivity index (χ0) is 22.3. The van der Waals surface area contributed by atoms with Gasteiger partial charge in [0, 0.05) is 43.4 Å². The second-order valence-corrected chi connectivity index (χ2v) is 7.78. The fraction of sp³-hybridized carbons (Fsp3) is 0.350. The van der Waals surface area contributed by atoms with Gasteiger partial charge >= 0.3 is 0 Å². The molecule has 0 aliphatic carbocycles. The molecule has 3 aromatic heterocycles. The minimum absolute atomic E-state index is 0.0791. The highest BCUT2D eigenvalue weighted by molar-refractivity contribution is 6.33. The van der Waals surface area contributed by atoms with Gasteiger partial charge in [0.05, 0.1) is 24.5 Å². The summed E-state index contributed by atoms with van der Waals surface area (Å²) in [5, 5.41) is 14.7. The summed E-state index contributed by atoms with van der Waals surface area (Å²) in [6, 6.07) is 1.72. The Bertz CT molecular complexity index is 1220. The molecule has 4 rings (SSSR count). The van der Waals surface area contributed by atoms with Crippen LogP contribution in [0.3, 0.4) is 0 Å². The molecule has 0 spiro atoms. The molecular weight excluding hydrogens is 425 g/mol. The van der Waals surface area contributed by atoms with Crippen LogP contribution in [0.25, 0.3) is 33.5 Å². The lowest BCUT2D eigenvalue weighted by Crippen LogP contribution is -2.22. The number of nitrogens with zero attached hydrogens (tertiary/aromatic N) is 5. The molecule has 1 atom stereocenters. The summed E-state index contributed by atoms with van der Waals surface area (Å²) < 4.78 is 27.8. The number of aryl methyl sites for hydroxylation is 1. The van der Waals surface area contributed by atoms with Gasteiger partial charge in [-0.1, -0.05) is 11.6 Å². The number of hydrogen-bond donors (Lipinski definition) is 2. The van der Waals surface area contributed by atoms with Gasteiger partial charge in [-0.05, 0) is 20.2 Å². The van der Waals surface area contributed by atoms with Gasteiger partial charge in [0.15, 0.2) is 17.5 Å². The molecule has 0 aliphatic heterocycles. The van der Waals surface area contributed by atoms with Crippen LogP contribution in [0.5, 0.6) is 5.75 Å². The summed E-state index contributed by atoms with van der Waals surface area (Å²) in [7, 11) is 8.71. The third-order valence-corrected chi connectivity index (χ3v) is 5.51. The van der Waals surface area contributed by atoms with E-state index in [0.717, 1.165) is 11.1 Å². The van der Waals surface area contributed by atoms with Crippen LogP contribution in [0, 0.1) is 5.82 Å². The van der Waals surface area contributed by atoms with Crippen LogP contribution in [-0.4, -0.2) is 69.7 Å². The molecule has 0 bridgehead atoms. The van der Waals surface area contributed by atoms with Crippen molar-refractivity contribution >= 4 is 22.5 Å². The number of nitrogens with one attached hydrogen (secondary N) is 2. The molecule has 3 heterocycles. The molecule has 164 valence electrons. The summed E-state index contributed by atoms with van der Waals surface area (Å²) in [4.78, 5) is 6.66. The lowest BCUT2D eigenvalue weighted by Gasteiger charge is -2.16. The summed E-state index contributed by atoms with van der Waals surface area (Å²) in [6.45, 7) is 0.610. The highest BCUT2D eigenvalue weighted by Crippen LogP contribution is 2.44. The number of ether oxygens (including phenoxy) is 2. The molecule has 0 amide bonds. The first-order chi connectivity index (χ1) is 14.9. The first kappa shape index (κ1) is 21.3. The van der Waals surface area contributed by atoms with Gasteiger partial charge in [0.1, 0.15) is 16.9 Å². The van der Waals surface area contributed by atoms with Crippen molar-refractivity contribution in [2.75, 3.05) is 34.9 Å². The maximum atomic E-state index is 15.3. The predicted molar refractivity (Wildman–Crippen MR) is 116 cm³/mol. The van der Waals surface area contributed by atoms with Gasteiger partial charge in [-0.25, -0.2) is 9.37 Å². The van der Waals surface area contributed by atoms with Crippen LogP contribution in [0.1, 0.15) is 11.9 Å². The molecular formula is C20H23ClFN7O2. The highest BCUT2D eigenvalue weighted by atomic mass is 35.5. The monoisotopic (exact) mass is 447 g/mol. The average Bonchev–Trinajstić information content (AvgIpc) is 3.47. The van der Waals surface area contributed by atoms with Gasteiger partial charge in [0.25, 0.3) is 0 Å². The molecule has 0 aliphatic rings. The Morgan fingerprint density at radius 3 is 2.71 bits per heavy atom. The summed E-state index contributed by atoms with van der Waals surface area (Å²) in [6.07, 6.45) is 3.08. The van der Waals surface area contributed by atoms with Crippen LogP contribution >= 0.6 is 11.6 Å². The van der Waals surface area contributed by atoms with E-state index in [-0.39, 0.29) is 16.9 Å². The normalized spacial score (nSPS) is 12.8. The number of aromatic nitrogens is 6. The maximum Gasteiger partial charge on any atom is 0.181 e. The number of hydrogen-bond acceptors (Lipinski definition) is 6. The van der Waals surface area contributed by atoms with Crippen LogP contribution < -0.4 is 4.74 Å². The fourth-order valence-corrected chi connectivity index (χ4v) is 3.96. The fourth-order valence-electron chi connectivity index (χ4n) is 3.74. The number of H-pyrrole nitrogens is 2. The van der Waals surface area contributed by atoms with Gasteiger partial charge < -0.3 is 18.9 Å². The summed E-state index contributed by atoms with van der Waals surface area (Å²) in [5.74, 6) is 0.653. The third kappa shape index (κ3) is 3.56. The lowest BCUT2D eigenvalue weighted by atomic mass is 10.0. The van der Waals surface area contributed by atoms with E-state index in [2.05, 4.69) is 25.4 Å². The Kier molecular flexibility index (Phi) is 5.69. The summed E-state index contributed by atoms with van der Waals surface area (Å²) in [5.41, 5.74) is 2.45. The van der Waals surface area contributed by atoms with E-state index in [0.29, 0.717) is 34.8 Å². The van der Waals surface area contributed by atoms with Crippen molar-refractivity contribution in [2.45, 2.75) is 6.10 Å². The van der Waals surface area contributed by atoms with E-state index in [4.69, 9.17) is 21.1 Å². The van der Waals surface area contributed by atoms with Crippen molar-refractivity contribution in [2.24, 2.45) is 7.05 Å². The lowest BCUT2D eigenvalue weighted by molar-refractivity contribution is 0.0719. The first-order valence-corrected chi connectivity index (χ1v) is 9.88. The van der Waals surface area contributed by atoms with Crippen molar-refractivity contribution in [1.29, 1.82) is 0 Å². The molecule has 9 nitrogen and oxygen atoms in total. The second-order valence-electron chi connectivity index (χ2n) is 7.40. The standard InChI is InChI=1S/C20H23ClFN7O2/c1-28(2)9-13(31-5)19-25-20(27-26-19)18-14(10-7-23-24-8-10)11-6-12(30-4)15(21)16(22)17(11)29(18)3/h6-8,13H,9H2,1-5H3,(H,23,24)(H,25,26,27)/t13-/m0/s1. The number of rotatable bonds is 7. The van der Waals surface area contributed by atoms with Crippen LogP contribution in [-0.2, 0) is 11.8 Å². The molecule has 31 heavy (non-hydrogen) atoms. The van der Waals surface area contributed by atoms with Crippen molar-refractivity contribution < 1.29 is 13.9 Å². The number of fused-ring (bicyclic) bond motifs is 1. The first-order valence-electron chi connectivity index (χ1n) is 9.51. The Morgan fingerprint density at radius 1 is 1.32 bits per heavy atom. The van der Waals surface area contributed by atoms with E-state index in [1.807, 2.05) is 19.0 Å². The van der Waals surface area contributed by atoms with E-state index < -0.39 is 5.82 Å². The Morgan fingerprint density at radius 2 is 2.10 bits per heavy atom. The quantitative estimate of drug-likeness (QED) is 0.450. The Hall–Kier alpha value is -2.95. The minimum atomic E-state index is -0.573. The van der Waals surface area contributed by atoms with E-state index in [1.165, 1.54) is 7.11 Å². The van der Waals surface area contributed by atoms with Gasteiger partial charge in [-0.2, -0.15) is 10.2 Å². The average molecular weight is 448 g/mol. The van der Waals surface area contributed by atoms with Crippen LogP contribution in [0.2, 0.25) is 5.02 Å². The zero-order valence-electron chi connectivity index (χ0n) is 17.8. The Labute approximate surface area is 183 Å². The largest absolute Gasteiger partial charge is 0.495 e. The molecule has 1 aromatic carbocycles. The molecule has 0 saturated carbocycles. The number of benzene rings is 1. The maximum absolute atomic E-state index is 15.3. The SMILES string of the molecule is COc1cc2c(-c3cn[nH]c3)c(-c3nc([C@H](CN(C)C)OC)n[nH]3)n(C)c2c(F)c1Cl. The third-order valence-electron chi connectivity index (χ3n) is 5.16. The molecule has 0 radical (unpaired) electrons. The van der Waals surface area contributed by atoms with Gasteiger partial charge in [-0.3, -0.25) is 10.2 Å². The molecule has 4 aromatic rings. The van der Waals surface area contributed by atoms with Crippen molar-refractivity contribution in [3.8, 4) is 28.4 Å². The van der Waals surface area contributed by atoms with Gasteiger partial charge in [-0.15, -0.1) is 0 Å².